The summed E-state index contributed by atoms with van der Waals surface area (Å²) in [4.78, 5) is 14.2. The number of benzene rings is 1. The predicted octanol–water partition coefficient (Wildman–Crippen LogP) is 2.61. The van der Waals surface area contributed by atoms with Gasteiger partial charge in [0.05, 0.1) is 30.0 Å². The van der Waals surface area contributed by atoms with Crippen LogP contribution in [0.2, 0.25) is 0 Å². The standard InChI is InChI=1S/C19H24N6O/c1-3-25-18-10-5-4-7-14(18)16(23-25)11-20-19(26)24(2)12-17-13-8-6-9-15(13)21-22-17/h4-5,7,10H,3,6,8-9,11-12H2,1-2H3,(H,20,26)(H,21,22). The molecular weight excluding hydrogens is 328 g/mol. The van der Waals surface area contributed by atoms with Crippen LogP contribution in [0.25, 0.3) is 10.9 Å². The topological polar surface area (TPSA) is 78.8 Å². The number of aromatic nitrogens is 4. The fraction of sp³-hybridized carbons (Fsp3) is 0.421. The average Bonchev–Trinajstić information content (AvgIpc) is 3.35. The summed E-state index contributed by atoms with van der Waals surface area (Å²) in [6.45, 7) is 3.80. The van der Waals surface area contributed by atoms with Crippen molar-refractivity contribution in [3.05, 3.63) is 46.9 Å². The Labute approximate surface area is 152 Å². The number of carbonyl (C=O) groups is 1. The Bertz CT molecular complexity index is 941. The van der Waals surface area contributed by atoms with E-state index in [1.807, 2.05) is 22.9 Å². The smallest absolute Gasteiger partial charge is 0.317 e. The molecule has 2 amide bonds. The third-order valence-corrected chi connectivity index (χ3v) is 5.07. The van der Waals surface area contributed by atoms with Crippen LogP contribution in [0.4, 0.5) is 4.79 Å². The van der Waals surface area contributed by atoms with E-state index in [1.54, 1.807) is 11.9 Å². The predicted molar refractivity (Wildman–Crippen MR) is 99.7 cm³/mol. The molecule has 0 aliphatic heterocycles. The van der Waals surface area contributed by atoms with E-state index in [0.717, 1.165) is 41.7 Å². The van der Waals surface area contributed by atoms with Crippen molar-refractivity contribution in [3.8, 4) is 0 Å². The highest BCUT2D eigenvalue weighted by Crippen LogP contribution is 2.23. The zero-order valence-corrected chi connectivity index (χ0v) is 15.2. The third-order valence-electron chi connectivity index (χ3n) is 5.07. The lowest BCUT2D eigenvalue weighted by molar-refractivity contribution is 0.205. The van der Waals surface area contributed by atoms with Crippen LogP contribution in [0, 0.1) is 0 Å². The van der Waals surface area contributed by atoms with Crippen LogP contribution >= 0.6 is 0 Å². The van der Waals surface area contributed by atoms with Crippen LogP contribution < -0.4 is 5.32 Å². The van der Waals surface area contributed by atoms with Gasteiger partial charge in [-0.15, -0.1) is 0 Å². The molecule has 3 aromatic rings. The van der Waals surface area contributed by atoms with E-state index in [2.05, 4.69) is 33.6 Å². The first-order valence-corrected chi connectivity index (χ1v) is 9.15. The van der Waals surface area contributed by atoms with Gasteiger partial charge in [0.15, 0.2) is 0 Å². The molecule has 2 N–H and O–H groups in total. The van der Waals surface area contributed by atoms with E-state index in [1.165, 1.54) is 17.7 Å². The first-order valence-electron chi connectivity index (χ1n) is 9.15. The summed E-state index contributed by atoms with van der Waals surface area (Å²) < 4.78 is 1.97. The Kier molecular flexibility index (Phi) is 4.36. The van der Waals surface area contributed by atoms with Gasteiger partial charge in [0.25, 0.3) is 0 Å². The Morgan fingerprint density at radius 2 is 2.15 bits per heavy atom. The van der Waals surface area contributed by atoms with Gasteiger partial charge in [-0.1, -0.05) is 18.2 Å². The lowest BCUT2D eigenvalue weighted by atomic mass is 10.2. The number of rotatable bonds is 5. The van der Waals surface area contributed by atoms with Gasteiger partial charge >= 0.3 is 6.03 Å². The minimum Gasteiger partial charge on any atom is -0.332 e. The molecular formula is C19H24N6O. The number of hydrogen-bond donors (Lipinski definition) is 2. The van der Waals surface area contributed by atoms with Gasteiger partial charge in [0.2, 0.25) is 0 Å². The Morgan fingerprint density at radius 3 is 3.00 bits per heavy atom. The van der Waals surface area contributed by atoms with E-state index in [4.69, 9.17) is 0 Å². The average molecular weight is 352 g/mol. The number of amides is 2. The first kappa shape index (κ1) is 16.6. The van der Waals surface area contributed by atoms with Crippen molar-refractivity contribution in [2.24, 2.45) is 0 Å². The van der Waals surface area contributed by atoms with Gasteiger partial charge in [0.1, 0.15) is 0 Å². The molecule has 1 aliphatic rings. The van der Waals surface area contributed by atoms with Crippen molar-refractivity contribution >= 4 is 16.9 Å². The second kappa shape index (κ2) is 6.82. The van der Waals surface area contributed by atoms with Crippen molar-refractivity contribution in [1.29, 1.82) is 0 Å². The minimum atomic E-state index is -0.116. The van der Waals surface area contributed by atoms with Crippen LogP contribution in [0.15, 0.2) is 24.3 Å². The molecule has 0 unspecified atom stereocenters. The van der Waals surface area contributed by atoms with Gasteiger partial charge in [0, 0.05) is 24.7 Å². The summed E-state index contributed by atoms with van der Waals surface area (Å²) in [6, 6.07) is 8.00. The maximum atomic E-state index is 12.5. The number of nitrogens with zero attached hydrogens (tertiary/aromatic N) is 4. The van der Waals surface area contributed by atoms with Crippen LogP contribution in [0.1, 0.15) is 36.0 Å². The lowest BCUT2D eigenvalue weighted by Crippen LogP contribution is -2.36. The van der Waals surface area contributed by atoms with Crippen molar-refractivity contribution < 1.29 is 4.79 Å². The second-order valence-corrected chi connectivity index (χ2v) is 6.78. The molecule has 0 saturated carbocycles. The van der Waals surface area contributed by atoms with Crippen molar-refractivity contribution in [2.75, 3.05) is 7.05 Å². The number of H-pyrrole nitrogens is 1. The van der Waals surface area contributed by atoms with Crippen LogP contribution in [0.3, 0.4) is 0 Å². The molecule has 1 aromatic carbocycles. The van der Waals surface area contributed by atoms with Crippen LogP contribution in [0.5, 0.6) is 0 Å². The largest absolute Gasteiger partial charge is 0.332 e. The number of carbonyl (C=O) groups excluding carboxylic acids is 1. The summed E-state index contributed by atoms with van der Waals surface area (Å²) in [5, 5.41) is 16.2. The highest BCUT2D eigenvalue weighted by molar-refractivity contribution is 5.82. The number of urea groups is 1. The first-order chi connectivity index (χ1) is 12.7. The van der Waals surface area contributed by atoms with Gasteiger partial charge in [-0.25, -0.2) is 4.79 Å². The number of fused-ring (bicyclic) bond motifs is 2. The summed E-state index contributed by atoms with van der Waals surface area (Å²) in [5.41, 5.74) is 5.49. The fourth-order valence-corrected chi connectivity index (χ4v) is 3.68. The number of nitrogens with one attached hydrogen (secondary N) is 2. The van der Waals surface area contributed by atoms with Crippen molar-refractivity contribution in [1.82, 2.24) is 30.2 Å². The van der Waals surface area contributed by atoms with Gasteiger partial charge in [-0.05, 0) is 37.8 Å². The molecule has 0 bridgehead atoms. The van der Waals surface area contributed by atoms with Crippen molar-refractivity contribution in [2.45, 2.75) is 45.8 Å². The molecule has 0 spiro atoms. The molecule has 0 atom stereocenters. The molecule has 4 rings (SSSR count). The van der Waals surface area contributed by atoms with Crippen molar-refractivity contribution in [3.63, 3.8) is 0 Å². The minimum absolute atomic E-state index is 0.116. The summed E-state index contributed by atoms with van der Waals surface area (Å²) in [5.74, 6) is 0. The van der Waals surface area contributed by atoms with Gasteiger partial charge in [-0.2, -0.15) is 10.2 Å². The van der Waals surface area contributed by atoms with E-state index >= 15 is 0 Å². The molecule has 1 aliphatic carbocycles. The quantitative estimate of drug-likeness (QED) is 0.741. The Hall–Kier alpha value is -2.83. The highest BCUT2D eigenvalue weighted by atomic mass is 16.2. The molecule has 0 radical (unpaired) electrons. The van der Waals surface area contributed by atoms with Gasteiger partial charge in [-0.3, -0.25) is 9.78 Å². The Morgan fingerprint density at radius 1 is 1.31 bits per heavy atom. The maximum Gasteiger partial charge on any atom is 0.317 e. The molecule has 136 valence electrons. The van der Waals surface area contributed by atoms with E-state index < -0.39 is 0 Å². The summed E-state index contributed by atoms with van der Waals surface area (Å²) in [7, 11) is 1.80. The number of hydrogen-bond acceptors (Lipinski definition) is 3. The highest BCUT2D eigenvalue weighted by Gasteiger charge is 2.20. The number of aryl methyl sites for hydroxylation is 2. The zero-order valence-electron chi connectivity index (χ0n) is 15.2. The maximum absolute atomic E-state index is 12.5. The summed E-state index contributed by atoms with van der Waals surface area (Å²) in [6.07, 6.45) is 3.28. The molecule has 0 saturated heterocycles. The monoisotopic (exact) mass is 352 g/mol. The molecule has 2 heterocycles. The van der Waals surface area contributed by atoms with Crippen LogP contribution in [-0.2, 0) is 32.5 Å². The molecule has 7 heteroatoms. The number of para-hydroxylation sites is 1. The molecule has 7 nitrogen and oxygen atoms in total. The lowest BCUT2D eigenvalue weighted by Gasteiger charge is -2.17. The van der Waals surface area contributed by atoms with E-state index in [0.29, 0.717) is 13.1 Å². The van der Waals surface area contributed by atoms with E-state index in [-0.39, 0.29) is 6.03 Å². The SMILES string of the molecule is CCn1nc(CNC(=O)N(C)Cc2n[nH]c3c2CCC3)c2ccccc21. The summed E-state index contributed by atoms with van der Waals surface area (Å²) >= 11 is 0. The van der Waals surface area contributed by atoms with Gasteiger partial charge < -0.3 is 10.2 Å². The third kappa shape index (κ3) is 2.94. The molecule has 0 fully saturated rings. The number of aromatic amines is 1. The zero-order chi connectivity index (χ0) is 18.1. The molecule has 2 aromatic heterocycles. The van der Waals surface area contributed by atoms with Crippen LogP contribution in [-0.4, -0.2) is 38.0 Å². The molecule has 26 heavy (non-hydrogen) atoms. The Balaban J connectivity index is 1.42. The second-order valence-electron chi connectivity index (χ2n) is 6.78. The normalized spacial score (nSPS) is 13.2. The van der Waals surface area contributed by atoms with E-state index in [9.17, 15) is 4.79 Å². The fourth-order valence-electron chi connectivity index (χ4n) is 3.68.